The van der Waals surface area contributed by atoms with Gasteiger partial charge in [-0.25, -0.2) is 9.69 Å². The van der Waals surface area contributed by atoms with Crippen molar-refractivity contribution < 1.29 is 9.53 Å². The lowest BCUT2D eigenvalue weighted by Crippen LogP contribution is -2.42. The van der Waals surface area contributed by atoms with E-state index in [-0.39, 0.29) is 18.3 Å². The van der Waals surface area contributed by atoms with Crippen LogP contribution in [0.25, 0.3) is 16.9 Å². The van der Waals surface area contributed by atoms with E-state index in [1.54, 1.807) is 16.8 Å². The summed E-state index contributed by atoms with van der Waals surface area (Å²) in [5.74, 6) is 1.86. The summed E-state index contributed by atoms with van der Waals surface area (Å²) in [6.45, 7) is 5.73. The number of ether oxygens (including phenoxy) is 1. The van der Waals surface area contributed by atoms with Gasteiger partial charge in [0.1, 0.15) is 11.4 Å². The van der Waals surface area contributed by atoms with Gasteiger partial charge in [-0.2, -0.15) is 5.10 Å². The minimum absolute atomic E-state index is 0. The fourth-order valence-electron chi connectivity index (χ4n) is 5.85. The Hall–Kier alpha value is -1.52. The molecule has 1 aromatic heterocycles. The summed E-state index contributed by atoms with van der Waals surface area (Å²) in [6, 6.07) is 11.3. The molecule has 10 heteroatoms. The van der Waals surface area contributed by atoms with E-state index in [4.69, 9.17) is 33.0 Å². The smallest absolute Gasteiger partial charge is 0.286 e. The third-order valence-electron chi connectivity index (χ3n) is 7.39. The van der Waals surface area contributed by atoms with Crippen molar-refractivity contribution in [2.75, 3.05) is 13.1 Å². The second-order valence-corrected chi connectivity index (χ2v) is 12.2. The van der Waals surface area contributed by atoms with Crippen LogP contribution in [0.15, 0.2) is 36.4 Å². The van der Waals surface area contributed by atoms with Crippen LogP contribution in [-0.2, 0) is 5.60 Å². The molecule has 3 aromatic rings. The first-order chi connectivity index (χ1) is 16.7. The summed E-state index contributed by atoms with van der Waals surface area (Å²) in [7, 11) is 0. The summed E-state index contributed by atoms with van der Waals surface area (Å²) < 4.78 is 9.27. The number of halogens is 4. The van der Waals surface area contributed by atoms with Crippen LogP contribution in [0.3, 0.4) is 0 Å². The number of fused-ring (bicyclic) bond motifs is 4. The van der Waals surface area contributed by atoms with E-state index in [1.807, 2.05) is 38.1 Å². The van der Waals surface area contributed by atoms with Crippen molar-refractivity contribution in [3.8, 4) is 22.7 Å². The topological polar surface area (TPSA) is 59.4 Å². The molecule has 190 valence electrons. The van der Waals surface area contributed by atoms with Crippen molar-refractivity contribution in [1.29, 1.82) is 0 Å². The molecule has 1 amide bonds. The van der Waals surface area contributed by atoms with Gasteiger partial charge >= 0.3 is 0 Å². The molecule has 6 nitrogen and oxygen atoms in total. The summed E-state index contributed by atoms with van der Waals surface area (Å²) in [4.78, 5) is 13.7. The van der Waals surface area contributed by atoms with E-state index in [0.29, 0.717) is 33.3 Å². The largest absolute Gasteiger partial charge is 0.482 e. The zero-order valence-electron chi connectivity index (χ0n) is 19.9. The first kappa shape index (κ1) is 26.1. The van der Waals surface area contributed by atoms with Crippen molar-refractivity contribution >= 4 is 64.1 Å². The van der Waals surface area contributed by atoms with Gasteiger partial charge in [0, 0.05) is 27.2 Å². The average molecular weight is 660 g/mol. The van der Waals surface area contributed by atoms with Gasteiger partial charge in [-0.3, -0.25) is 10.2 Å². The van der Waals surface area contributed by atoms with Gasteiger partial charge in [0.25, 0.3) is 5.91 Å². The van der Waals surface area contributed by atoms with Crippen LogP contribution in [0.5, 0.6) is 5.75 Å². The highest BCUT2D eigenvalue weighted by Gasteiger charge is 2.43. The van der Waals surface area contributed by atoms with Crippen LogP contribution in [0.2, 0.25) is 10.0 Å². The Morgan fingerprint density at radius 3 is 2.56 bits per heavy atom. The Kier molecular flexibility index (Phi) is 7.00. The molecule has 0 spiro atoms. The molecule has 2 unspecified atom stereocenters. The summed E-state index contributed by atoms with van der Waals surface area (Å²) in [5.41, 5.74) is 5.78. The van der Waals surface area contributed by atoms with Crippen molar-refractivity contribution in [3.63, 3.8) is 0 Å². The number of amides is 1. The number of nitrogens with zero attached hydrogens (tertiary/aromatic N) is 3. The summed E-state index contributed by atoms with van der Waals surface area (Å²) in [5, 5.41) is 7.91. The van der Waals surface area contributed by atoms with Crippen molar-refractivity contribution in [2.45, 2.75) is 38.7 Å². The Balaban J connectivity index is 0.00000267. The minimum atomic E-state index is -0.780. The maximum atomic E-state index is 13.7. The number of nitrogens with one attached hydrogen (secondary N) is 1. The number of aromatic nitrogens is 2. The number of hydrazine groups is 1. The molecule has 2 aliphatic heterocycles. The molecule has 6 rings (SSSR count). The van der Waals surface area contributed by atoms with E-state index >= 15 is 0 Å². The molecule has 0 bridgehead atoms. The highest BCUT2D eigenvalue weighted by molar-refractivity contribution is 14.1. The number of rotatable bonds is 3. The number of carbonyl (C=O) groups excluding carboxylic acids is 1. The van der Waals surface area contributed by atoms with Gasteiger partial charge < -0.3 is 4.74 Å². The van der Waals surface area contributed by atoms with Crippen LogP contribution in [0.4, 0.5) is 0 Å². The molecule has 1 saturated heterocycles. The summed E-state index contributed by atoms with van der Waals surface area (Å²) in [6.07, 6.45) is 3.78. The highest BCUT2D eigenvalue weighted by Crippen LogP contribution is 2.48. The predicted octanol–water partition coefficient (Wildman–Crippen LogP) is 6.88. The highest BCUT2D eigenvalue weighted by atomic mass is 127. The van der Waals surface area contributed by atoms with E-state index in [1.165, 1.54) is 19.3 Å². The Morgan fingerprint density at radius 2 is 1.86 bits per heavy atom. The standard InChI is InChI=1S/C26H25Cl2IN4O2.ClH/c1-26(2)22-23(25(34)31-32-12-14-4-3-5-15(14)13-32)30-33(20-9-6-16(27)10-19(20)28)24(22)18-8-7-17(29)11-21(18)35-26;/h6-11,14-15H,3-5,12-13H2,1-2H3,(H,31,34);1H. The maximum absolute atomic E-state index is 13.7. The monoisotopic (exact) mass is 658 g/mol. The normalized spacial score (nSPS) is 21.7. The summed E-state index contributed by atoms with van der Waals surface area (Å²) >= 11 is 15.1. The molecule has 2 fully saturated rings. The predicted molar refractivity (Wildman–Crippen MR) is 153 cm³/mol. The fraction of sp³-hybridized carbons (Fsp3) is 0.385. The Labute approximate surface area is 240 Å². The van der Waals surface area contributed by atoms with Crippen LogP contribution in [0.1, 0.15) is 49.2 Å². The lowest BCUT2D eigenvalue weighted by Gasteiger charge is -2.33. The van der Waals surface area contributed by atoms with Gasteiger partial charge in [-0.1, -0.05) is 29.6 Å². The molecule has 3 aliphatic rings. The number of carbonyl (C=O) groups is 1. The van der Waals surface area contributed by atoms with Gasteiger partial charge in [0.05, 0.1) is 22.0 Å². The van der Waals surface area contributed by atoms with Gasteiger partial charge in [0.15, 0.2) is 5.69 Å². The quantitative estimate of drug-likeness (QED) is 0.312. The van der Waals surface area contributed by atoms with Crippen molar-refractivity contribution in [1.82, 2.24) is 20.2 Å². The molecule has 1 aliphatic carbocycles. The molecule has 0 radical (unpaired) electrons. The molecular formula is C26H26Cl3IN4O2. The molecule has 3 heterocycles. The number of benzene rings is 2. The van der Waals surface area contributed by atoms with Gasteiger partial charge in [-0.05, 0) is 97.5 Å². The first-order valence-electron chi connectivity index (χ1n) is 11.8. The molecule has 2 aromatic carbocycles. The SMILES string of the molecule is CC1(C)Oc2cc(I)ccc2-c2c1c(C(=O)NN1CC3CCCC3C1)nn2-c1ccc(Cl)cc1Cl.Cl. The van der Waals surface area contributed by atoms with Crippen molar-refractivity contribution in [2.24, 2.45) is 11.8 Å². The second-order valence-electron chi connectivity index (χ2n) is 10.1. The second kappa shape index (κ2) is 9.66. The van der Waals surface area contributed by atoms with E-state index in [2.05, 4.69) is 33.0 Å². The third-order valence-corrected chi connectivity index (χ3v) is 8.60. The number of hydrogen-bond donors (Lipinski definition) is 1. The van der Waals surface area contributed by atoms with Crippen LogP contribution in [0, 0.1) is 15.4 Å². The van der Waals surface area contributed by atoms with Crippen LogP contribution in [-0.4, -0.2) is 33.8 Å². The first-order valence-corrected chi connectivity index (χ1v) is 13.7. The lowest BCUT2D eigenvalue weighted by molar-refractivity contribution is 0.0779. The Morgan fingerprint density at radius 1 is 1.14 bits per heavy atom. The minimum Gasteiger partial charge on any atom is -0.482 e. The van der Waals surface area contributed by atoms with Crippen LogP contribution < -0.4 is 10.2 Å². The molecule has 2 atom stereocenters. The zero-order valence-corrected chi connectivity index (χ0v) is 24.3. The molecular weight excluding hydrogens is 634 g/mol. The fourth-order valence-corrected chi connectivity index (χ4v) is 6.80. The number of hydrogen-bond acceptors (Lipinski definition) is 4. The van der Waals surface area contributed by atoms with E-state index < -0.39 is 5.60 Å². The zero-order chi connectivity index (χ0) is 24.5. The Bertz CT molecular complexity index is 1350. The van der Waals surface area contributed by atoms with E-state index in [0.717, 1.165) is 39.2 Å². The van der Waals surface area contributed by atoms with Gasteiger partial charge in [-0.15, -0.1) is 12.4 Å². The molecule has 36 heavy (non-hydrogen) atoms. The lowest BCUT2D eigenvalue weighted by atomic mass is 9.89. The molecule has 1 saturated carbocycles. The molecule has 1 N–H and O–H groups in total. The third kappa shape index (κ3) is 4.41. The van der Waals surface area contributed by atoms with Crippen molar-refractivity contribution in [3.05, 3.63) is 61.3 Å². The van der Waals surface area contributed by atoms with Crippen LogP contribution >= 0.6 is 58.2 Å². The van der Waals surface area contributed by atoms with E-state index in [9.17, 15) is 4.79 Å². The average Bonchev–Trinajstić information content (AvgIpc) is 3.47. The van der Waals surface area contributed by atoms with Gasteiger partial charge in [0.2, 0.25) is 0 Å². The maximum Gasteiger partial charge on any atom is 0.286 e.